The highest BCUT2D eigenvalue weighted by Gasteiger charge is 2.28. The van der Waals surface area contributed by atoms with E-state index in [0.29, 0.717) is 6.54 Å². The van der Waals surface area contributed by atoms with Crippen molar-refractivity contribution in [3.05, 3.63) is 35.9 Å². The molecule has 0 spiro atoms. The van der Waals surface area contributed by atoms with Crippen molar-refractivity contribution in [2.45, 2.75) is 19.5 Å². The summed E-state index contributed by atoms with van der Waals surface area (Å²) in [4.78, 5) is 10.3. The molecule has 0 aliphatic carbocycles. The van der Waals surface area contributed by atoms with Crippen molar-refractivity contribution >= 4 is 5.90 Å². The van der Waals surface area contributed by atoms with Crippen LogP contribution < -0.4 is 5.32 Å². The number of hydrogen-bond acceptors (Lipinski definition) is 4. The third-order valence-electron chi connectivity index (χ3n) is 2.63. The Kier molecular flexibility index (Phi) is 4.12. The Bertz CT molecular complexity index is 378. The smallest absolute Gasteiger partial charge is 0.225 e. The lowest BCUT2D eigenvalue weighted by Crippen LogP contribution is -2.27. The van der Waals surface area contributed by atoms with E-state index in [1.54, 1.807) is 0 Å². The Balaban J connectivity index is 2.16. The van der Waals surface area contributed by atoms with Gasteiger partial charge in [0, 0.05) is 6.54 Å². The molecule has 4 nitrogen and oxygen atoms in total. The molecular formula is C13H19N3O. The van der Waals surface area contributed by atoms with E-state index in [2.05, 4.69) is 29.4 Å². The van der Waals surface area contributed by atoms with Gasteiger partial charge in [-0.3, -0.25) is 0 Å². The van der Waals surface area contributed by atoms with Gasteiger partial charge >= 0.3 is 0 Å². The summed E-state index contributed by atoms with van der Waals surface area (Å²) in [6.45, 7) is 3.70. The minimum atomic E-state index is -0.000463. The number of hydroxylamine groups is 2. The molecule has 1 aromatic carbocycles. The van der Waals surface area contributed by atoms with Crippen molar-refractivity contribution in [3.63, 3.8) is 0 Å². The molecule has 0 aromatic heterocycles. The molecular weight excluding hydrogens is 214 g/mol. The van der Waals surface area contributed by atoms with Crippen LogP contribution in [0.5, 0.6) is 0 Å². The first-order valence-corrected chi connectivity index (χ1v) is 6.06. The standard InChI is InChI=1S/C13H19N3O/c1-3-9-16-13(11-7-5-4-6-8-11)15-12(17-16)10-14-2/h4-8,13-14H,3,9-10H2,1-2H3/t13-/m0/s1. The highest BCUT2D eigenvalue weighted by molar-refractivity contribution is 5.79. The van der Waals surface area contributed by atoms with Crippen LogP contribution >= 0.6 is 0 Å². The summed E-state index contributed by atoms with van der Waals surface area (Å²) in [6.07, 6.45) is 1.05. The van der Waals surface area contributed by atoms with Crippen LogP contribution in [0.4, 0.5) is 0 Å². The molecule has 2 rings (SSSR count). The van der Waals surface area contributed by atoms with E-state index in [-0.39, 0.29) is 6.17 Å². The van der Waals surface area contributed by atoms with Crippen molar-refractivity contribution < 1.29 is 4.84 Å². The molecule has 1 aliphatic rings. The van der Waals surface area contributed by atoms with Gasteiger partial charge in [0.2, 0.25) is 5.90 Å². The van der Waals surface area contributed by atoms with Crippen LogP contribution in [-0.4, -0.2) is 31.1 Å². The van der Waals surface area contributed by atoms with E-state index in [1.807, 2.05) is 30.3 Å². The molecule has 0 saturated carbocycles. The molecule has 0 fully saturated rings. The summed E-state index contributed by atoms with van der Waals surface area (Å²) in [5.41, 5.74) is 1.17. The average Bonchev–Trinajstić information content (AvgIpc) is 2.74. The van der Waals surface area contributed by atoms with Crippen LogP contribution in [-0.2, 0) is 4.84 Å². The molecule has 0 amide bonds. The molecule has 1 N–H and O–H groups in total. The first-order valence-electron chi connectivity index (χ1n) is 6.06. The van der Waals surface area contributed by atoms with Crippen LogP contribution in [0.25, 0.3) is 0 Å². The first-order chi connectivity index (χ1) is 8.35. The van der Waals surface area contributed by atoms with Crippen molar-refractivity contribution in [2.75, 3.05) is 20.1 Å². The Morgan fingerprint density at radius 1 is 1.35 bits per heavy atom. The molecule has 1 atom stereocenters. The van der Waals surface area contributed by atoms with Crippen molar-refractivity contribution in [3.8, 4) is 0 Å². The van der Waals surface area contributed by atoms with Gasteiger partial charge in [-0.25, -0.2) is 4.99 Å². The first kappa shape index (κ1) is 12.1. The lowest BCUT2D eigenvalue weighted by atomic mass is 10.2. The molecule has 17 heavy (non-hydrogen) atoms. The number of hydrogen-bond donors (Lipinski definition) is 1. The Labute approximate surface area is 102 Å². The van der Waals surface area contributed by atoms with E-state index in [1.165, 1.54) is 5.56 Å². The van der Waals surface area contributed by atoms with Gasteiger partial charge in [-0.15, -0.1) is 5.06 Å². The normalized spacial score (nSPS) is 20.1. The number of nitrogens with zero attached hydrogens (tertiary/aromatic N) is 2. The third-order valence-corrected chi connectivity index (χ3v) is 2.63. The second-order valence-corrected chi connectivity index (χ2v) is 4.07. The van der Waals surface area contributed by atoms with Gasteiger partial charge in [0.1, 0.15) is 0 Å². The summed E-state index contributed by atoms with van der Waals surface area (Å²) < 4.78 is 0. The highest BCUT2D eigenvalue weighted by atomic mass is 16.7. The van der Waals surface area contributed by atoms with Gasteiger partial charge in [-0.2, -0.15) is 0 Å². The van der Waals surface area contributed by atoms with Gasteiger partial charge < -0.3 is 10.2 Å². The Morgan fingerprint density at radius 2 is 2.12 bits per heavy atom. The summed E-state index contributed by atoms with van der Waals surface area (Å²) in [5, 5.41) is 5.01. The fourth-order valence-corrected chi connectivity index (χ4v) is 1.89. The van der Waals surface area contributed by atoms with Crippen LogP contribution in [0.1, 0.15) is 25.1 Å². The second-order valence-electron chi connectivity index (χ2n) is 4.07. The van der Waals surface area contributed by atoms with E-state index < -0.39 is 0 Å². The zero-order valence-corrected chi connectivity index (χ0v) is 10.4. The molecule has 1 aromatic rings. The minimum Gasteiger partial charge on any atom is -0.387 e. The molecule has 0 saturated heterocycles. The maximum absolute atomic E-state index is 5.73. The van der Waals surface area contributed by atoms with E-state index in [0.717, 1.165) is 18.9 Å². The lowest BCUT2D eigenvalue weighted by molar-refractivity contribution is -0.0854. The van der Waals surface area contributed by atoms with E-state index in [9.17, 15) is 0 Å². The predicted octanol–water partition coefficient (Wildman–Crippen LogP) is 1.96. The maximum Gasteiger partial charge on any atom is 0.225 e. The van der Waals surface area contributed by atoms with Gasteiger partial charge in [-0.05, 0) is 19.0 Å². The quantitative estimate of drug-likeness (QED) is 0.844. The van der Waals surface area contributed by atoms with Crippen molar-refractivity contribution in [1.29, 1.82) is 0 Å². The number of aliphatic imine (C=N–C) groups is 1. The zero-order valence-electron chi connectivity index (χ0n) is 10.4. The van der Waals surface area contributed by atoms with Gasteiger partial charge in [0.25, 0.3) is 0 Å². The molecule has 0 unspecified atom stereocenters. The molecule has 92 valence electrons. The number of nitrogens with one attached hydrogen (secondary N) is 1. The third kappa shape index (κ3) is 2.84. The van der Waals surface area contributed by atoms with Gasteiger partial charge in [0.05, 0.1) is 6.54 Å². The second kappa shape index (κ2) is 5.80. The van der Waals surface area contributed by atoms with Crippen molar-refractivity contribution in [1.82, 2.24) is 10.4 Å². The summed E-state index contributed by atoms with van der Waals surface area (Å²) in [7, 11) is 1.89. The van der Waals surface area contributed by atoms with Crippen LogP contribution in [0.15, 0.2) is 35.3 Å². The largest absolute Gasteiger partial charge is 0.387 e. The monoisotopic (exact) mass is 233 g/mol. The van der Waals surface area contributed by atoms with Gasteiger partial charge in [0.15, 0.2) is 6.17 Å². The summed E-state index contributed by atoms with van der Waals surface area (Å²) in [6, 6.07) is 10.3. The SMILES string of the molecule is CCCN1OC(CNC)=N[C@@H]1c1ccccc1. The number of rotatable bonds is 5. The van der Waals surface area contributed by atoms with Crippen LogP contribution in [0.3, 0.4) is 0 Å². The molecule has 1 aliphatic heterocycles. The maximum atomic E-state index is 5.73. The topological polar surface area (TPSA) is 36.9 Å². The highest BCUT2D eigenvalue weighted by Crippen LogP contribution is 2.27. The summed E-state index contributed by atoms with van der Waals surface area (Å²) in [5.74, 6) is 0.759. The zero-order chi connectivity index (χ0) is 12.1. The molecule has 0 bridgehead atoms. The molecule has 0 radical (unpaired) electrons. The van der Waals surface area contributed by atoms with Gasteiger partial charge in [-0.1, -0.05) is 37.3 Å². The molecule has 1 heterocycles. The van der Waals surface area contributed by atoms with Crippen molar-refractivity contribution in [2.24, 2.45) is 4.99 Å². The average molecular weight is 233 g/mol. The molecule has 4 heteroatoms. The fourth-order valence-electron chi connectivity index (χ4n) is 1.89. The lowest BCUT2D eigenvalue weighted by Gasteiger charge is -2.20. The summed E-state index contributed by atoms with van der Waals surface area (Å²) >= 11 is 0. The Hall–Kier alpha value is -1.39. The minimum absolute atomic E-state index is 0.000463. The number of likely N-dealkylation sites (N-methyl/N-ethyl adjacent to an activating group) is 1. The van der Waals surface area contributed by atoms with E-state index >= 15 is 0 Å². The fraction of sp³-hybridized carbons (Fsp3) is 0.462. The van der Waals surface area contributed by atoms with E-state index in [4.69, 9.17) is 4.84 Å². The van der Waals surface area contributed by atoms with Crippen LogP contribution in [0, 0.1) is 0 Å². The predicted molar refractivity (Wildman–Crippen MR) is 68.6 cm³/mol. The number of benzene rings is 1. The Morgan fingerprint density at radius 3 is 2.76 bits per heavy atom. The van der Waals surface area contributed by atoms with Crippen LogP contribution in [0.2, 0.25) is 0 Å².